The highest BCUT2D eigenvalue weighted by Crippen LogP contribution is 2.61. The first-order valence-corrected chi connectivity index (χ1v) is 5.05. The number of carbonyl (C=O) groups is 2. The summed E-state index contributed by atoms with van der Waals surface area (Å²) in [5.41, 5.74) is 2.16. The second kappa shape index (κ2) is 2.97. The lowest BCUT2D eigenvalue weighted by atomic mass is 9.95. The molecule has 2 fully saturated rings. The summed E-state index contributed by atoms with van der Waals surface area (Å²) >= 11 is 0. The van der Waals surface area contributed by atoms with Gasteiger partial charge in [0.2, 0.25) is 11.8 Å². The monoisotopic (exact) mass is 197 g/mol. The molecule has 0 bridgehead atoms. The highest BCUT2D eigenvalue weighted by atomic mass is 16.2. The largest absolute Gasteiger partial charge is 0.369 e. The summed E-state index contributed by atoms with van der Waals surface area (Å²) in [6.07, 6.45) is 3.84. The Morgan fingerprint density at radius 1 is 1.43 bits per heavy atom. The van der Waals surface area contributed by atoms with Gasteiger partial charge in [0.05, 0.1) is 5.92 Å². The van der Waals surface area contributed by atoms with Gasteiger partial charge in [0.25, 0.3) is 0 Å². The molecule has 1 spiro atoms. The first-order valence-electron chi connectivity index (χ1n) is 5.55. The summed E-state index contributed by atoms with van der Waals surface area (Å²) in [4.78, 5) is 23.1. The van der Waals surface area contributed by atoms with Crippen LogP contribution in [0.3, 0.4) is 0 Å². The Morgan fingerprint density at radius 3 is 2.57 bits per heavy atom. The van der Waals surface area contributed by atoms with Crippen LogP contribution in [0, 0.1) is 17.3 Å². The van der Waals surface area contributed by atoms with Crippen LogP contribution in [0.2, 0.25) is 1.41 Å². The molecule has 2 aliphatic rings. The summed E-state index contributed by atoms with van der Waals surface area (Å²) in [6.45, 7) is 0. The molecule has 4 nitrogen and oxygen atoms in total. The van der Waals surface area contributed by atoms with Gasteiger partial charge in [-0.3, -0.25) is 9.59 Å². The Hall–Kier alpha value is -1.06. The van der Waals surface area contributed by atoms with E-state index in [1.54, 1.807) is 7.05 Å². The van der Waals surface area contributed by atoms with Gasteiger partial charge in [-0.25, -0.2) is 0 Å². The summed E-state index contributed by atoms with van der Waals surface area (Å²) in [7, 11) is 1.59. The predicted molar refractivity (Wildman–Crippen MR) is 51.1 cm³/mol. The Labute approximate surface area is 84.7 Å². The molecule has 0 unspecified atom stereocenters. The molecular weight excluding hydrogens is 180 g/mol. The first-order chi connectivity index (χ1) is 7.12. The van der Waals surface area contributed by atoms with E-state index in [-0.39, 0.29) is 29.1 Å². The quantitative estimate of drug-likeness (QED) is 0.655. The Bertz CT molecular complexity index is 276. The van der Waals surface area contributed by atoms with Gasteiger partial charge in [0.1, 0.15) is 0 Å². The number of nitrogens with two attached hydrogens (primary N) is 1. The van der Waals surface area contributed by atoms with E-state index in [1.807, 2.05) is 5.73 Å². The van der Waals surface area contributed by atoms with Crippen molar-refractivity contribution in [2.45, 2.75) is 25.7 Å². The summed E-state index contributed by atoms with van der Waals surface area (Å²) in [5, 5.41) is 2.60. The maximum absolute atomic E-state index is 11.6. The van der Waals surface area contributed by atoms with Crippen LogP contribution in [0.25, 0.3) is 0 Å². The van der Waals surface area contributed by atoms with Crippen LogP contribution in [0.1, 0.15) is 25.7 Å². The number of hydrogen-bond acceptors (Lipinski definition) is 2. The lowest BCUT2D eigenvalue weighted by Gasteiger charge is -2.13. The number of hydrogen-bond donors (Lipinski definition) is 2. The molecule has 0 aliphatic heterocycles. The van der Waals surface area contributed by atoms with E-state index in [2.05, 4.69) is 5.32 Å². The molecule has 0 aromatic heterocycles. The van der Waals surface area contributed by atoms with Crippen molar-refractivity contribution in [3.05, 3.63) is 0 Å². The van der Waals surface area contributed by atoms with Gasteiger partial charge in [-0.1, -0.05) is 0 Å². The molecule has 4 heteroatoms. The topological polar surface area (TPSA) is 72.2 Å². The van der Waals surface area contributed by atoms with Gasteiger partial charge >= 0.3 is 0 Å². The SMILES string of the molecule is [2H]NC(=O)[C@H]1CC2(CC2)C[C@@H]1C(=O)NC. The number of primary amides is 1. The van der Waals surface area contributed by atoms with Crippen molar-refractivity contribution in [2.75, 3.05) is 7.05 Å². The van der Waals surface area contributed by atoms with Crippen LogP contribution >= 0.6 is 0 Å². The number of nitrogens with one attached hydrogen (secondary N) is 1. The Balaban J connectivity index is 2.12. The van der Waals surface area contributed by atoms with Gasteiger partial charge in [-0.2, -0.15) is 0 Å². The molecule has 2 aliphatic carbocycles. The molecule has 0 aromatic rings. The van der Waals surface area contributed by atoms with Gasteiger partial charge in [-0.05, 0) is 31.1 Å². The predicted octanol–water partition coefficient (Wildman–Crippen LogP) is 0.0241. The van der Waals surface area contributed by atoms with Gasteiger partial charge in [-0.15, -0.1) is 0 Å². The van der Waals surface area contributed by atoms with E-state index < -0.39 is 0 Å². The maximum Gasteiger partial charge on any atom is 0.223 e. The zero-order valence-electron chi connectivity index (χ0n) is 9.30. The maximum atomic E-state index is 11.6. The molecule has 2 atom stereocenters. The third kappa shape index (κ3) is 1.38. The molecule has 0 radical (unpaired) electrons. The van der Waals surface area contributed by atoms with E-state index in [4.69, 9.17) is 1.41 Å². The minimum Gasteiger partial charge on any atom is -0.369 e. The number of amides is 2. The fraction of sp³-hybridized carbons (Fsp3) is 0.800. The second-order valence-corrected chi connectivity index (χ2v) is 4.60. The van der Waals surface area contributed by atoms with Crippen molar-refractivity contribution >= 4 is 11.8 Å². The van der Waals surface area contributed by atoms with Crippen LogP contribution in [-0.2, 0) is 9.59 Å². The zero-order valence-corrected chi connectivity index (χ0v) is 8.30. The molecule has 3 N–H and O–H groups in total. The second-order valence-electron chi connectivity index (χ2n) is 4.60. The number of rotatable bonds is 2. The first kappa shape index (κ1) is 8.26. The molecule has 78 valence electrons. The molecule has 2 rings (SSSR count). The van der Waals surface area contributed by atoms with Crippen molar-refractivity contribution in [1.29, 1.82) is 0 Å². The lowest BCUT2D eigenvalue weighted by Crippen LogP contribution is -2.35. The molecular formula is C10H16N2O2. The van der Waals surface area contributed by atoms with Crippen molar-refractivity contribution in [3.63, 3.8) is 0 Å². The van der Waals surface area contributed by atoms with Crippen LogP contribution < -0.4 is 11.0 Å². The third-order valence-corrected chi connectivity index (χ3v) is 3.67. The minimum absolute atomic E-state index is 0.0626. The van der Waals surface area contributed by atoms with Crippen LogP contribution in [-0.4, -0.2) is 18.9 Å². The fourth-order valence-electron chi connectivity index (χ4n) is 2.62. The average Bonchev–Trinajstić information content (AvgIpc) is 2.88. The third-order valence-electron chi connectivity index (χ3n) is 3.67. The van der Waals surface area contributed by atoms with E-state index in [0.29, 0.717) is 0 Å². The van der Waals surface area contributed by atoms with E-state index in [0.717, 1.165) is 25.7 Å². The molecule has 2 amide bonds. The molecule has 0 saturated heterocycles. The van der Waals surface area contributed by atoms with Crippen molar-refractivity contribution < 1.29 is 11.0 Å². The van der Waals surface area contributed by atoms with E-state index >= 15 is 0 Å². The fourth-order valence-corrected chi connectivity index (χ4v) is 2.62. The van der Waals surface area contributed by atoms with Gasteiger partial charge < -0.3 is 11.0 Å². The molecule has 2 saturated carbocycles. The van der Waals surface area contributed by atoms with Gasteiger partial charge in [0.15, 0.2) is 1.41 Å². The summed E-state index contributed by atoms with van der Waals surface area (Å²) in [6, 6.07) is 0. The van der Waals surface area contributed by atoms with E-state index in [9.17, 15) is 9.59 Å². The highest BCUT2D eigenvalue weighted by molar-refractivity contribution is 5.87. The van der Waals surface area contributed by atoms with Crippen molar-refractivity contribution in [1.82, 2.24) is 5.32 Å². The van der Waals surface area contributed by atoms with E-state index in [1.165, 1.54) is 0 Å². The zero-order chi connectivity index (χ0) is 11.1. The molecule has 0 heterocycles. The molecule has 0 aromatic carbocycles. The Kier molecular flexibility index (Phi) is 1.75. The minimum atomic E-state index is -0.313. The van der Waals surface area contributed by atoms with Gasteiger partial charge in [0, 0.05) is 13.0 Å². The average molecular weight is 197 g/mol. The standard InChI is InChI=1S/C10H16N2O2/c1-12-9(14)7-5-10(2-3-10)4-6(7)8(11)13/h6-7H,2-5H2,1H3,(H2,11,13)(H,12,14)/t6-,7-/m0/s1/i/hD. The smallest absolute Gasteiger partial charge is 0.223 e. The highest BCUT2D eigenvalue weighted by Gasteiger charge is 2.55. The normalized spacial score (nSPS) is 33.6. The van der Waals surface area contributed by atoms with Crippen molar-refractivity contribution in [3.8, 4) is 0 Å². The van der Waals surface area contributed by atoms with Crippen molar-refractivity contribution in [2.24, 2.45) is 23.0 Å². The van der Waals surface area contributed by atoms with Crippen LogP contribution in [0.4, 0.5) is 0 Å². The molecule has 14 heavy (non-hydrogen) atoms. The number of carbonyl (C=O) groups excluding carboxylic acids is 2. The summed E-state index contributed by atoms with van der Waals surface area (Å²) in [5.74, 6) is -0.910. The van der Waals surface area contributed by atoms with Crippen LogP contribution in [0.5, 0.6) is 0 Å². The lowest BCUT2D eigenvalue weighted by molar-refractivity contribution is -0.131. The summed E-state index contributed by atoms with van der Waals surface area (Å²) < 4.78 is 6.88. The van der Waals surface area contributed by atoms with Crippen LogP contribution in [0.15, 0.2) is 0 Å². The Morgan fingerprint density at radius 2 is 2.07 bits per heavy atom.